The van der Waals surface area contributed by atoms with Crippen LogP contribution >= 0.6 is 0 Å². The molecule has 0 saturated heterocycles. The van der Waals surface area contributed by atoms with Crippen molar-refractivity contribution in [1.82, 2.24) is 10.6 Å². The predicted molar refractivity (Wildman–Crippen MR) is 45.7 cm³/mol. The highest BCUT2D eigenvalue weighted by Gasteiger charge is 2.29. The van der Waals surface area contributed by atoms with Gasteiger partial charge in [0, 0.05) is 7.05 Å². The van der Waals surface area contributed by atoms with Gasteiger partial charge in [-0.2, -0.15) is 0 Å². The molecule has 1 fully saturated rings. The second-order valence-electron chi connectivity index (χ2n) is 3.33. The summed E-state index contributed by atoms with van der Waals surface area (Å²) in [6.07, 6.45) is 5.27. The Kier molecular flexibility index (Phi) is 1.72. The van der Waals surface area contributed by atoms with Crippen LogP contribution in [0.5, 0.6) is 0 Å². The van der Waals surface area contributed by atoms with E-state index in [4.69, 9.17) is 0 Å². The first-order valence-electron chi connectivity index (χ1n) is 4.42. The lowest BCUT2D eigenvalue weighted by Crippen LogP contribution is -2.40. The van der Waals surface area contributed by atoms with Gasteiger partial charge in [0.15, 0.2) is 5.96 Å². The average Bonchev–Trinajstić information content (AvgIpc) is 2.46. The first-order valence-corrected chi connectivity index (χ1v) is 4.42. The second kappa shape index (κ2) is 2.72. The molecule has 1 heterocycles. The highest BCUT2D eigenvalue weighted by molar-refractivity contribution is 5.81. The van der Waals surface area contributed by atoms with Gasteiger partial charge in [-0.05, 0) is 12.8 Å². The zero-order valence-corrected chi connectivity index (χ0v) is 6.93. The summed E-state index contributed by atoms with van der Waals surface area (Å²) in [4.78, 5) is 4.52. The summed E-state index contributed by atoms with van der Waals surface area (Å²) in [7, 11) is 1.92. The second-order valence-corrected chi connectivity index (χ2v) is 3.33. The minimum atomic E-state index is 0.561. The molecular formula is C8H15N3. The molecule has 11 heavy (non-hydrogen) atoms. The molecule has 0 bridgehead atoms. The number of nitrogens with zero attached hydrogens (tertiary/aromatic N) is 1. The van der Waals surface area contributed by atoms with E-state index in [1.54, 1.807) is 0 Å². The first-order chi connectivity index (χ1) is 5.40. The van der Waals surface area contributed by atoms with Gasteiger partial charge in [-0.15, -0.1) is 0 Å². The number of guanidine groups is 1. The van der Waals surface area contributed by atoms with E-state index in [9.17, 15) is 0 Å². The highest BCUT2D eigenvalue weighted by Crippen LogP contribution is 2.23. The number of fused-ring (bicyclic) bond motifs is 1. The van der Waals surface area contributed by atoms with Gasteiger partial charge in [0.05, 0.1) is 12.1 Å². The number of hydrogen-bond acceptors (Lipinski definition) is 3. The van der Waals surface area contributed by atoms with Crippen LogP contribution in [0.1, 0.15) is 25.7 Å². The Morgan fingerprint density at radius 3 is 3.00 bits per heavy atom. The van der Waals surface area contributed by atoms with Crippen molar-refractivity contribution in [2.24, 2.45) is 4.99 Å². The van der Waals surface area contributed by atoms with Crippen molar-refractivity contribution in [3.63, 3.8) is 0 Å². The Morgan fingerprint density at radius 1 is 1.45 bits per heavy atom. The quantitative estimate of drug-likeness (QED) is 0.531. The molecule has 2 atom stereocenters. The number of rotatable bonds is 0. The zero-order valence-electron chi connectivity index (χ0n) is 6.93. The van der Waals surface area contributed by atoms with Crippen LogP contribution in [-0.2, 0) is 0 Å². The summed E-state index contributed by atoms with van der Waals surface area (Å²) in [6.45, 7) is 0. The van der Waals surface area contributed by atoms with Gasteiger partial charge < -0.3 is 10.6 Å². The van der Waals surface area contributed by atoms with Gasteiger partial charge >= 0.3 is 0 Å². The molecule has 0 spiro atoms. The van der Waals surface area contributed by atoms with Crippen molar-refractivity contribution in [2.75, 3.05) is 7.05 Å². The SMILES string of the molecule is CNC1=NC2CCCCC2N1. The maximum absolute atomic E-state index is 4.52. The Bertz CT molecular complexity index is 176. The number of nitrogens with one attached hydrogen (secondary N) is 2. The molecule has 1 aliphatic carbocycles. The highest BCUT2D eigenvalue weighted by atomic mass is 15.2. The van der Waals surface area contributed by atoms with Gasteiger partial charge in [0.1, 0.15) is 0 Å². The summed E-state index contributed by atoms with van der Waals surface area (Å²) < 4.78 is 0. The van der Waals surface area contributed by atoms with Crippen LogP contribution in [0.3, 0.4) is 0 Å². The largest absolute Gasteiger partial charge is 0.359 e. The van der Waals surface area contributed by atoms with E-state index < -0.39 is 0 Å². The third-order valence-electron chi connectivity index (χ3n) is 2.58. The van der Waals surface area contributed by atoms with Crippen molar-refractivity contribution in [3.05, 3.63) is 0 Å². The smallest absolute Gasteiger partial charge is 0.191 e. The van der Waals surface area contributed by atoms with E-state index in [0.29, 0.717) is 12.1 Å². The monoisotopic (exact) mass is 153 g/mol. The summed E-state index contributed by atoms with van der Waals surface area (Å²) in [5.41, 5.74) is 0. The van der Waals surface area contributed by atoms with Crippen LogP contribution in [0.25, 0.3) is 0 Å². The molecule has 2 aliphatic rings. The minimum Gasteiger partial charge on any atom is -0.359 e. The molecule has 1 aliphatic heterocycles. The molecule has 2 unspecified atom stereocenters. The first kappa shape index (κ1) is 6.95. The fourth-order valence-electron chi connectivity index (χ4n) is 1.95. The molecule has 1 saturated carbocycles. The molecule has 3 heteroatoms. The topological polar surface area (TPSA) is 36.4 Å². The van der Waals surface area contributed by atoms with Crippen molar-refractivity contribution in [2.45, 2.75) is 37.8 Å². The lowest BCUT2D eigenvalue weighted by molar-refractivity contribution is 0.384. The van der Waals surface area contributed by atoms with E-state index in [0.717, 1.165) is 5.96 Å². The van der Waals surface area contributed by atoms with E-state index in [1.807, 2.05) is 7.05 Å². The zero-order chi connectivity index (χ0) is 7.68. The van der Waals surface area contributed by atoms with Crippen LogP contribution in [0, 0.1) is 0 Å². The molecule has 2 N–H and O–H groups in total. The molecule has 0 aromatic rings. The Hall–Kier alpha value is -0.730. The van der Waals surface area contributed by atoms with Crippen LogP contribution in [0.4, 0.5) is 0 Å². The standard InChI is InChI=1S/C8H15N3/c1-9-8-10-6-4-2-3-5-7(6)11-8/h6-7H,2-5H2,1H3,(H2,9,10,11). The molecule has 0 aromatic carbocycles. The molecule has 3 nitrogen and oxygen atoms in total. The Balaban J connectivity index is 2.02. The Labute approximate surface area is 67.3 Å². The van der Waals surface area contributed by atoms with Crippen molar-refractivity contribution < 1.29 is 0 Å². The van der Waals surface area contributed by atoms with Gasteiger partial charge in [-0.1, -0.05) is 12.8 Å². The summed E-state index contributed by atoms with van der Waals surface area (Å²) in [6, 6.07) is 1.19. The van der Waals surface area contributed by atoms with Crippen molar-refractivity contribution >= 4 is 5.96 Å². The van der Waals surface area contributed by atoms with Crippen LogP contribution in [0.15, 0.2) is 4.99 Å². The van der Waals surface area contributed by atoms with E-state index in [2.05, 4.69) is 15.6 Å². The molecule has 0 amide bonds. The minimum absolute atomic E-state index is 0.561. The lowest BCUT2D eigenvalue weighted by atomic mass is 9.92. The van der Waals surface area contributed by atoms with Crippen molar-refractivity contribution in [1.29, 1.82) is 0 Å². The average molecular weight is 153 g/mol. The maximum atomic E-state index is 4.52. The van der Waals surface area contributed by atoms with Crippen LogP contribution in [0.2, 0.25) is 0 Å². The molecule has 2 rings (SSSR count). The van der Waals surface area contributed by atoms with Crippen molar-refractivity contribution in [3.8, 4) is 0 Å². The summed E-state index contributed by atoms with van der Waals surface area (Å²) in [5.74, 6) is 0.988. The van der Waals surface area contributed by atoms with Gasteiger partial charge in [0.25, 0.3) is 0 Å². The summed E-state index contributed by atoms with van der Waals surface area (Å²) >= 11 is 0. The van der Waals surface area contributed by atoms with Crippen LogP contribution < -0.4 is 10.6 Å². The summed E-state index contributed by atoms with van der Waals surface area (Å²) in [5, 5.41) is 6.44. The van der Waals surface area contributed by atoms with Gasteiger partial charge in [-0.3, -0.25) is 0 Å². The number of hydrogen-bond donors (Lipinski definition) is 2. The third kappa shape index (κ3) is 1.19. The maximum Gasteiger partial charge on any atom is 0.191 e. The fourth-order valence-corrected chi connectivity index (χ4v) is 1.95. The molecule has 0 radical (unpaired) electrons. The number of aliphatic imine (C=N–C) groups is 1. The molecular weight excluding hydrogens is 138 g/mol. The third-order valence-corrected chi connectivity index (χ3v) is 2.58. The van der Waals surface area contributed by atoms with E-state index >= 15 is 0 Å². The van der Waals surface area contributed by atoms with E-state index in [-0.39, 0.29) is 0 Å². The molecule has 0 aromatic heterocycles. The predicted octanol–water partition coefficient (Wildman–Crippen LogP) is 0.476. The van der Waals surface area contributed by atoms with Gasteiger partial charge in [-0.25, -0.2) is 4.99 Å². The Morgan fingerprint density at radius 2 is 2.27 bits per heavy atom. The van der Waals surface area contributed by atoms with Crippen LogP contribution in [-0.4, -0.2) is 25.1 Å². The fraction of sp³-hybridized carbons (Fsp3) is 0.875. The molecule has 62 valence electrons. The normalized spacial score (nSPS) is 35.5. The van der Waals surface area contributed by atoms with Gasteiger partial charge in [0.2, 0.25) is 0 Å². The lowest BCUT2D eigenvalue weighted by Gasteiger charge is -2.22. The van der Waals surface area contributed by atoms with E-state index in [1.165, 1.54) is 25.7 Å².